The molecule has 0 spiro atoms. The van der Waals surface area contributed by atoms with Crippen LogP contribution in [0.1, 0.15) is 16.8 Å². The first-order valence-electron chi connectivity index (χ1n) is 7.81. The van der Waals surface area contributed by atoms with E-state index in [9.17, 15) is 24.5 Å². The molecule has 0 saturated heterocycles. The molecular weight excluding hydrogens is 374 g/mol. The number of amides is 1. The van der Waals surface area contributed by atoms with E-state index in [2.05, 4.69) is 15.5 Å². The standard InChI is InChI=1S/C16H17N5O7/c1-8-10(15(23)19-16(24)18-8)6-13(22)20-17-7-9-4-11(21(25)26)14(28-3)12(5-9)27-2/h4-5,7H,6H2,1-3H3,(H,20,22)(H2,18,19,23,24)/b17-7-. The number of carbonyl (C=O) groups excluding carboxylic acids is 1. The Balaban J connectivity index is 2.17. The van der Waals surface area contributed by atoms with Crippen LogP contribution in [-0.4, -0.2) is 41.2 Å². The van der Waals surface area contributed by atoms with E-state index in [0.717, 1.165) is 0 Å². The highest BCUT2D eigenvalue weighted by atomic mass is 16.6. The highest BCUT2D eigenvalue weighted by Gasteiger charge is 2.21. The molecule has 1 heterocycles. The maximum Gasteiger partial charge on any atom is 0.325 e. The predicted octanol–water partition coefficient (Wildman–Crippen LogP) is -0.0102. The quantitative estimate of drug-likeness (QED) is 0.339. The fourth-order valence-corrected chi connectivity index (χ4v) is 2.39. The number of hydrazone groups is 1. The molecule has 0 aliphatic carbocycles. The minimum absolute atomic E-state index is 0.0403. The molecule has 1 amide bonds. The molecular formula is C16H17N5O7. The van der Waals surface area contributed by atoms with E-state index in [-0.39, 0.29) is 40.4 Å². The highest BCUT2D eigenvalue weighted by Crippen LogP contribution is 2.37. The van der Waals surface area contributed by atoms with Crippen molar-refractivity contribution in [2.75, 3.05) is 14.2 Å². The van der Waals surface area contributed by atoms with Gasteiger partial charge < -0.3 is 14.5 Å². The fourth-order valence-electron chi connectivity index (χ4n) is 2.39. The van der Waals surface area contributed by atoms with Crippen molar-refractivity contribution in [3.05, 3.63) is 59.9 Å². The molecule has 0 fully saturated rings. The van der Waals surface area contributed by atoms with Crippen LogP contribution in [0.5, 0.6) is 11.5 Å². The van der Waals surface area contributed by atoms with Gasteiger partial charge in [0.2, 0.25) is 11.7 Å². The van der Waals surface area contributed by atoms with Crippen molar-refractivity contribution in [3.63, 3.8) is 0 Å². The van der Waals surface area contributed by atoms with Crippen LogP contribution >= 0.6 is 0 Å². The number of nitro benzene ring substituents is 1. The predicted molar refractivity (Wildman–Crippen MR) is 98.1 cm³/mol. The summed E-state index contributed by atoms with van der Waals surface area (Å²) < 4.78 is 10.0. The third-order valence-corrected chi connectivity index (χ3v) is 3.67. The summed E-state index contributed by atoms with van der Waals surface area (Å²) in [4.78, 5) is 49.8. The van der Waals surface area contributed by atoms with E-state index < -0.39 is 22.1 Å². The first-order valence-corrected chi connectivity index (χ1v) is 7.81. The number of carbonyl (C=O) groups is 1. The molecule has 28 heavy (non-hydrogen) atoms. The molecule has 1 aromatic carbocycles. The first kappa shape index (κ1) is 20.4. The lowest BCUT2D eigenvalue weighted by atomic mass is 10.1. The van der Waals surface area contributed by atoms with E-state index in [1.807, 2.05) is 4.98 Å². The van der Waals surface area contributed by atoms with Crippen molar-refractivity contribution < 1.29 is 19.2 Å². The number of rotatable bonds is 7. The summed E-state index contributed by atoms with van der Waals surface area (Å²) in [6, 6.07) is 2.64. The van der Waals surface area contributed by atoms with Crippen molar-refractivity contribution in [1.82, 2.24) is 15.4 Å². The van der Waals surface area contributed by atoms with Crippen molar-refractivity contribution >= 4 is 17.8 Å². The van der Waals surface area contributed by atoms with Crippen LogP contribution in [-0.2, 0) is 11.2 Å². The second kappa shape index (κ2) is 8.62. The summed E-state index contributed by atoms with van der Waals surface area (Å²) >= 11 is 0. The highest BCUT2D eigenvalue weighted by molar-refractivity contribution is 5.85. The number of aryl methyl sites for hydroxylation is 1. The number of hydrogen-bond acceptors (Lipinski definition) is 8. The average Bonchev–Trinajstić information content (AvgIpc) is 2.63. The van der Waals surface area contributed by atoms with E-state index >= 15 is 0 Å². The van der Waals surface area contributed by atoms with E-state index in [1.165, 1.54) is 39.5 Å². The van der Waals surface area contributed by atoms with Gasteiger partial charge in [-0.2, -0.15) is 5.10 Å². The molecule has 12 heteroatoms. The number of hydrogen-bond donors (Lipinski definition) is 3. The molecule has 0 unspecified atom stereocenters. The van der Waals surface area contributed by atoms with Gasteiger partial charge in [-0.3, -0.25) is 24.7 Å². The molecule has 3 N–H and O–H groups in total. The monoisotopic (exact) mass is 391 g/mol. The van der Waals surface area contributed by atoms with Crippen LogP contribution in [0.2, 0.25) is 0 Å². The van der Waals surface area contributed by atoms with Crippen LogP contribution < -0.4 is 26.1 Å². The first-order chi connectivity index (χ1) is 13.3. The number of nitro groups is 1. The Morgan fingerprint density at radius 1 is 1.29 bits per heavy atom. The normalized spacial score (nSPS) is 10.7. The van der Waals surface area contributed by atoms with Crippen molar-refractivity contribution in [3.8, 4) is 11.5 Å². The van der Waals surface area contributed by atoms with Gasteiger partial charge in [0.25, 0.3) is 5.56 Å². The van der Waals surface area contributed by atoms with Gasteiger partial charge in [0.05, 0.1) is 31.8 Å². The van der Waals surface area contributed by atoms with Gasteiger partial charge in [0.1, 0.15) is 0 Å². The van der Waals surface area contributed by atoms with Crippen LogP contribution in [0.4, 0.5) is 5.69 Å². The summed E-state index contributed by atoms with van der Waals surface area (Å²) in [6.07, 6.45) is 0.859. The van der Waals surface area contributed by atoms with E-state index in [0.29, 0.717) is 0 Å². The zero-order chi connectivity index (χ0) is 20.8. The number of nitrogens with zero attached hydrogens (tertiary/aromatic N) is 2. The number of ether oxygens (including phenoxy) is 2. The average molecular weight is 391 g/mol. The lowest BCUT2D eigenvalue weighted by Gasteiger charge is -2.08. The minimum atomic E-state index is -0.670. The Morgan fingerprint density at radius 3 is 2.57 bits per heavy atom. The zero-order valence-electron chi connectivity index (χ0n) is 15.2. The second-order valence-electron chi connectivity index (χ2n) is 5.51. The number of methoxy groups -OCH3 is 2. The number of benzene rings is 1. The molecule has 2 rings (SSSR count). The molecule has 148 valence electrons. The fraction of sp³-hybridized carbons (Fsp3) is 0.250. The minimum Gasteiger partial charge on any atom is -0.493 e. The lowest BCUT2D eigenvalue weighted by molar-refractivity contribution is -0.385. The summed E-state index contributed by atoms with van der Waals surface area (Å²) in [6.45, 7) is 1.49. The SMILES string of the molecule is COc1cc(/C=N\NC(=O)Cc2c(C)[nH]c(=O)[nH]c2=O)cc([N+](=O)[O-])c1OC. The Hall–Kier alpha value is -3.96. The Bertz CT molecular complexity index is 1050. The van der Waals surface area contributed by atoms with Crippen LogP contribution in [0, 0.1) is 17.0 Å². The maximum absolute atomic E-state index is 12.0. The lowest BCUT2D eigenvalue weighted by Crippen LogP contribution is -2.30. The van der Waals surface area contributed by atoms with Gasteiger partial charge in [-0.15, -0.1) is 0 Å². The molecule has 12 nitrogen and oxygen atoms in total. The molecule has 0 bridgehead atoms. The van der Waals surface area contributed by atoms with Gasteiger partial charge in [0, 0.05) is 22.9 Å². The van der Waals surface area contributed by atoms with Crippen molar-refractivity contribution in [2.45, 2.75) is 13.3 Å². The number of aromatic amines is 2. The summed E-state index contributed by atoms with van der Waals surface area (Å²) in [5.74, 6) is -0.534. The molecule has 0 aliphatic rings. The molecule has 0 radical (unpaired) electrons. The maximum atomic E-state index is 12.0. The summed E-state index contributed by atoms with van der Waals surface area (Å²) in [5, 5.41) is 14.9. The Morgan fingerprint density at radius 2 is 2.00 bits per heavy atom. The van der Waals surface area contributed by atoms with Gasteiger partial charge in [-0.25, -0.2) is 10.2 Å². The van der Waals surface area contributed by atoms with Crippen LogP contribution in [0.15, 0.2) is 26.8 Å². The number of nitrogens with one attached hydrogen (secondary N) is 3. The van der Waals surface area contributed by atoms with Crippen LogP contribution in [0.25, 0.3) is 0 Å². The summed E-state index contributed by atoms with van der Waals surface area (Å²) in [7, 11) is 2.60. The second-order valence-corrected chi connectivity index (χ2v) is 5.51. The van der Waals surface area contributed by atoms with E-state index in [1.54, 1.807) is 0 Å². The van der Waals surface area contributed by atoms with Gasteiger partial charge >= 0.3 is 11.4 Å². The van der Waals surface area contributed by atoms with Crippen LogP contribution in [0.3, 0.4) is 0 Å². The third kappa shape index (κ3) is 4.60. The molecule has 1 aromatic heterocycles. The largest absolute Gasteiger partial charge is 0.493 e. The Kier molecular flexibility index (Phi) is 6.26. The summed E-state index contributed by atoms with van der Waals surface area (Å²) in [5.41, 5.74) is 1.18. The van der Waals surface area contributed by atoms with E-state index in [4.69, 9.17) is 9.47 Å². The smallest absolute Gasteiger partial charge is 0.325 e. The zero-order valence-corrected chi connectivity index (χ0v) is 15.2. The Labute approximate surface area is 157 Å². The van der Waals surface area contributed by atoms with Crippen molar-refractivity contribution in [2.24, 2.45) is 5.10 Å². The molecule has 0 saturated carbocycles. The molecule has 0 atom stereocenters. The third-order valence-electron chi connectivity index (χ3n) is 3.67. The number of aromatic nitrogens is 2. The van der Waals surface area contributed by atoms with Gasteiger partial charge in [-0.1, -0.05) is 0 Å². The van der Waals surface area contributed by atoms with Crippen molar-refractivity contribution in [1.29, 1.82) is 0 Å². The van der Waals surface area contributed by atoms with Gasteiger partial charge in [-0.05, 0) is 13.0 Å². The number of H-pyrrole nitrogens is 2. The molecule has 2 aromatic rings. The molecule has 0 aliphatic heterocycles. The topological polar surface area (TPSA) is 169 Å². The van der Waals surface area contributed by atoms with Gasteiger partial charge in [0.15, 0.2) is 5.75 Å².